The third kappa shape index (κ3) is 3.27. The highest BCUT2D eigenvalue weighted by molar-refractivity contribution is 7.07. The molecule has 0 fully saturated rings. The van der Waals surface area contributed by atoms with Crippen LogP contribution in [0.3, 0.4) is 0 Å². The van der Waals surface area contributed by atoms with Crippen LogP contribution in [0.1, 0.15) is 16.8 Å². The van der Waals surface area contributed by atoms with Crippen LogP contribution >= 0.6 is 11.3 Å². The molecule has 0 aliphatic heterocycles. The SMILES string of the molecule is Cc1c(CNCc2csc(=O)[nH]2)cccc1[N+](=O)[O-]. The molecule has 100 valence electrons. The average Bonchev–Trinajstić information content (AvgIpc) is 2.77. The zero-order valence-electron chi connectivity index (χ0n) is 10.3. The second kappa shape index (κ2) is 5.77. The molecule has 1 aromatic heterocycles. The summed E-state index contributed by atoms with van der Waals surface area (Å²) in [5, 5.41) is 15.7. The Bertz CT molecular complexity index is 648. The Morgan fingerprint density at radius 3 is 2.84 bits per heavy atom. The van der Waals surface area contributed by atoms with Crippen LogP contribution < -0.4 is 10.2 Å². The van der Waals surface area contributed by atoms with E-state index in [4.69, 9.17) is 0 Å². The number of nitro benzene ring substituents is 1. The molecule has 1 aromatic carbocycles. The molecule has 0 aliphatic rings. The van der Waals surface area contributed by atoms with Crippen LogP contribution in [-0.4, -0.2) is 9.91 Å². The van der Waals surface area contributed by atoms with E-state index in [1.165, 1.54) is 6.07 Å². The number of H-pyrrole nitrogens is 1. The Balaban J connectivity index is 2.02. The van der Waals surface area contributed by atoms with Gasteiger partial charge in [-0.1, -0.05) is 23.5 Å². The van der Waals surface area contributed by atoms with E-state index in [1.54, 1.807) is 18.4 Å². The fraction of sp³-hybridized carbons (Fsp3) is 0.250. The minimum Gasteiger partial charge on any atom is -0.315 e. The molecule has 0 amide bonds. The van der Waals surface area contributed by atoms with Gasteiger partial charge in [0.1, 0.15) is 0 Å². The van der Waals surface area contributed by atoms with Gasteiger partial charge in [-0.3, -0.25) is 14.9 Å². The van der Waals surface area contributed by atoms with E-state index in [-0.39, 0.29) is 15.5 Å². The first-order valence-corrected chi connectivity index (χ1v) is 6.56. The molecule has 7 heteroatoms. The lowest BCUT2D eigenvalue weighted by molar-refractivity contribution is -0.385. The summed E-state index contributed by atoms with van der Waals surface area (Å²) >= 11 is 1.12. The maximum Gasteiger partial charge on any atom is 0.304 e. The summed E-state index contributed by atoms with van der Waals surface area (Å²) in [5.41, 5.74) is 2.49. The quantitative estimate of drug-likeness (QED) is 0.646. The Labute approximate surface area is 113 Å². The van der Waals surface area contributed by atoms with Gasteiger partial charge in [-0.15, -0.1) is 0 Å². The summed E-state index contributed by atoms with van der Waals surface area (Å²) in [6.45, 7) is 2.79. The van der Waals surface area contributed by atoms with Crippen molar-refractivity contribution in [2.75, 3.05) is 0 Å². The average molecular weight is 279 g/mol. The monoisotopic (exact) mass is 279 g/mol. The highest BCUT2D eigenvalue weighted by atomic mass is 32.1. The number of thiazole rings is 1. The topological polar surface area (TPSA) is 88.0 Å². The highest BCUT2D eigenvalue weighted by Gasteiger charge is 2.12. The molecule has 2 aromatic rings. The predicted molar refractivity (Wildman–Crippen MR) is 73.3 cm³/mol. The number of hydrogen-bond donors (Lipinski definition) is 2. The van der Waals surface area contributed by atoms with Crippen LogP contribution in [0.4, 0.5) is 5.69 Å². The van der Waals surface area contributed by atoms with Crippen molar-refractivity contribution < 1.29 is 4.92 Å². The standard InChI is InChI=1S/C12H13N3O3S/c1-8-9(3-2-4-11(8)15(17)18)5-13-6-10-7-19-12(16)14-10/h2-4,7,13H,5-6H2,1H3,(H,14,16). The molecule has 0 aliphatic carbocycles. The number of aromatic amines is 1. The minimum absolute atomic E-state index is 0.0803. The third-order valence-electron chi connectivity index (χ3n) is 2.82. The van der Waals surface area contributed by atoms with E-state index in [2.05, 4.69) is 10.3 Å². The lowest BCUT2D eigenvalue weighted by Crippen LogP contribution is -2.14. The van der Waals surface area contributed by atoms with Crippen molar-refractivity contribution in [2.45, 2.75) is 20.0 Å². The van der Waals surface area contributed by atoms with Crippen LogP contribution in [0.2, 0.25) is 0 Å². The van der Waals surface area contributed by atoms with Gasteiger partial charge in [0, 0.05) is 35.8 Å². The smallest absolute Gasteiger partial charge is 0.304 e. The van der Waals surface area contributed by atoms with Crippen molar-refractivity contribution in [1.82, 2.24) is 10.3 Å². The molecule has 0 atom stereocenters. The Hall–Kier alpha value is -1.99. The molecular formula is C12H13N3O3S. The summed E-state index contributed by atoms with van der Waals surface area (Å²) in [6.07, 6.45) is 0. The minimum atomic E-state index is -0.380. The maximum absolute atomic E-state index is 11.0. The van der Waals surface area contributed by atoms with Gasteiger partial charge in [0.2, 0.25) is 0 Å². The Kier molecular flexibility index (Phi) is 4.08. The van der Waals surface area contributed by atoms with Crippen LogP contribution in [0.5, 0.6) is 0 Å². The number of nitrogens with one attached hydrogen (secondary N) is 2. The fourth-order valence-corrected chi connectivity index (χ4v) is 2.37. The van der Waals surface area contributed by atoms with Gasteiger partial charge >= 0.3 is 4.87 Å². The van der Waals surface area contributed by atoms with Crippen LogP contribution in [0, 0.1) is 17.0 Å². The van der Waals surface area contributed by atoms with Gasteiger partial charge in [-0.05, 0) is 12.5 Å². The summed E-state index contributed by atoms with van der Waals surface area (Å²) in [5.74, 6) is 0. The Morgan fingerprint density at radius 2 is 2.21 bits per heavy atom. The summed E-state index contributed by atoms with van der Waals surface area (Å²) in [7, 11) is 0. The summed E-state index contributed by atoms with van der Waals surface area (Å²) in [4.78, 5) is 24.0. The molecule has 2 rings (SSSR count). The van der Waals surface area contributed by atoms with Gasteiger partial charge in [0.05, 0.1) is 4.92 Å². The summed E-state index contributed by atoms with van der Waals surface area (Å²) in [6, 6.07) is 5.02. The Morgan fingerprint density at radius 1 is 1.42 bits per heavy atom. The first kappa shape index (κ1) is 13.4. The van der Waals surface area contributed by atoms with Gasteiger partial charge in [0.25, 0.3) is 5.69 Å². The van der Waals surface area contributed by atoms with E-state index in [9.17, 15) is 14.9 Å². The molecule has 6 nitrogen and oxygen atoms in total. The maximum atomic E-state index is 11.0. The van der Waals surface area contributed by atoms with Crippen molar-refractivity contribution in [1.29, 1.82) is 0 Å². The zero-order chi connectivity index (χ0) is 13.8. The lowest BCUT2D eigenvalue weighted by atomic mass is 10.1. The summed E-state index contributed by atoms with van der Waals surface area (Å²) < 4.78 is 0. The molecule has 0 saturated heterocycles. The van der Waals surface area contributed by atoms with Gasteiger partial charge in [-0.25, -0.2) is 0 Å². The molecule has 0 bridgehead atoms. The molecule has 0 saturated carbocycles. The van der Waals surface area contributed by atoms with Gasteiger partial charge < -0.3 is 10.3 Å². The molecule has 0 spiro atoms. The zero-order valence-corrected chi connectivity index (χ0v) is 11.1. The van der Waals surface area contributed by atoms with Crippen LogP contribution in [0.15, 0.2) is 28.4 Å². The number of benzene rings is 1. The normalized spacial score (nSPS) is 10.6. The number of nitro groups is 1. The van der Waals surface area contributed by atoms with Gasteiger partial charge in [-0.2, -0.15) is 0 Å². The van der Waals surface area contributed by atoms with Crippen molar-refractivity contribution in [3.63, 3.8) is 0 Å². The second-order valence-electron chi connectivity index (χ2n) is 4.10. The number of aromatic nitrogens is 1. The number of hydrogen-bond acceptors (Lipinski definition) is 5. The lowest BCUT2D eigenvalue weighted by Gasteiger charge is -2.07. The first-order chi connectivity index (χ1) is 9.08. The molecular weight excluding hydrogens is 266 g/mol. The van der Waals surface area contributed by atoms with Crippen molar-refractivity contribution in [3.8, 4) is 0 Å². The first-order valence-electron chi connectivity index (χ1n) is 5.68. The molecule has 0 unspecified atom stereocenters. The molecule has 1 heterocycles. The van der Waals surface area contributed by atoms with Gasteiger partial charge in [0.15, 0.2) is 0 Å². The molecule has 0 radical (unpaired) electrons. The van der Waals surface area contributed by atoms with Crippen molar-refractivity contribution in [3.05, 3.63) is 60.2 Å². The van der Waals surface area contributed by atoms with Crippen LogP contribution in [0.25, 0.3) is 0 Å². The van der Waals surface area contributed by atoms with E-state index < -0.39 is 0 Å². The number of nitrogens with zero attached hydrogens (tertiary/aromatic N) is 1. The third-order valence-corrected chi connectivity index (χ3v) is 3.53. The van der Waals surface area contributed by atoms with Crippen LogP contribution in [-0.2, 0) is 13.1 Å². The van der Waals surface area contributed by atoms with Crippen molar-refractivity contribution >= 4 is 17.0 Å². The van der Waals surface area contributed by atoms with E-state index in [1.807, 2.05) is 6.07 Å². The largest absolute Gasteiger partial charge is 0.315 e. The van der Waals surface area contributed by atoms with E-state index in [0.29, 0.717) is 18.7 Å². The molecule has 19 heavy (non-hydrogen) atoms. The highest BCUT2D eigenvalue weighted by Crippen LogP contribution is 2.20. The van der Waals surface area contributed by atoms with Crippen molar-refractivity contribution in [2.24, 2.45) is 0 Å². The fourth-order valence-electron chi connectivity index (χ4n) is 1.79. The molecule has 2 N–H and O–H groups in total. The van der Waals surface area contributed by atoms with E-state index in [0.717, 1.165) is 22.6 Å². The number of rotatable bonds is 5. The van der Waals surface area contributed by atoms with E-state index >= 15 is 0 Å². The second-order valence-corrected chi connectivity index (χ2v) is 4.94. The predicted octanol–water partition coefficient (Wildman–Crippen LogP) is 1.94.